The van der Waals surface area contributed by atoms with Gasteiger partial charge in [-0.15, -0.1) is 12.4 Å². The van der Waals surface area contributed by atoms with E-state index in [0.29, 0.717) is 23.4 Å². The monoisotopic (exact) mass is 461 g/mol. The van der Waals surface area contributed by atoms with Gasteiger partial charge in [-0.05, 0) is 42.7 Å². The second-order valence-electron chi connectivity index (χ2n) is 7.82. The topological polar surface area (TPSA) is 96.8 Å². The van der Waals surface area contributed by atoms with Crippen LogP contribution >= 0.6 is 12.4 Å². The fraction of sp³-hybridized carbons (Fsp3) is 0.391. The summed E-state index contributed by atoms with van der Waals surface area (Å²) >= 11 is 0. The van der Waals surface area contributed by atoms with E-state index < -0.39 is 12.1 Å². The molecule has 172 valence electrons. The highest BCUT2D eigenvalue weighted by Gasteiger charge is 2.25. The first-order valence-electron chi connectivity index (χ1n) is 10.4. The second kappa shape index (κ2) is 10.2. The van der Waals surface area contributed by atoms with E-state index >= 15 is 0 Å². The molecular formula is C23H28ClN3O5. The number of aliphatic hydroxyl groups is 1. The number of piperidine rings is 1. The summed E-state index contributed by atoms with van der Waals surface area (Å²) in [5.41, 5.74) is 2.63. The number of hydrogen-bond acceptors (Lipinski definition) is 6. The molecule has 0 aliphatic carbocycles. The average Bonchev–Trinajstić information content (AvgIpc) is 3.14. The number of benzene rings is 2. The van der Waals surface area contributed by atoms with Crippen LogP contribution < -0.4 is 10.4 Å². The molecule has 0 amide bonds. The smallest absolute Gasteiger partial charge is 0.341 e. The molecule has 0 saturated carbocycles. The van der Waals surface area contributed by atoms with E-state index in [2.05, 4.69) is 9.88 Å². The molecule has 4 rings (SSSR count). The summed E-state index contributed by atoms with van der Waals surface area (Å²) in [4.78, 5) is 29.6. The molecule has 0 bridgehead atoms. The van der Waals surface area contributed by atoms with E-state index in [-0.39, 0.29) is 24.1 Å². The van der Waals surface area contributed by atoms with Crippen molar-refractivity contribution in [3.05, 3.63) is 64.1 Å². The number of carbonyl (C=O) groups excluding carboxylic acids is 1. The fourth-order valence-corrected chi connectivity index (χ4v) is 4.35. The highest BCUT2D eigenvalue weighted by molar-refractivity contribution is 5.92. The van der Waals surface area contributed by atoms with Crippen LogP contribution in [0.3, 0.4) is 0 Å². The van der Waals surface area contributed by atoms with Crippen LogP contribution in [0, 0.1) is 0 Å². The van der Waals surface area contributed by atoms with Crippen LogP contribution in [0.15, 0.2) is 47.3 Å². The highest BCUT2D eigenvalue weighted by atomic mass is 35.5. The summed E-state index contributed by atoms with van der Waals surface area (Å²) in [7, 11) is 2.80. The maximum atomic E-state index is 12.5. The maximum Gasteiger partial charge on any atom is 0.341 e. The minimum Gasteiger partial charge on any atom is -0.496 e. The number of halogens is 1. The molecule has 2 N–H and O–H groups in total. The number of aromatic nitrogens is 2. The summed E-state index contributed by atoms with van der Waals surface area (Å²) in [5.74, 6) is -0.0938. The Kier molecular flexibility index (Phi) is 7.60. The molecule has 8 nitrogen and oxygen atoms in total. The van der Waals surface area contributed by atoms with Crippen LogP contribution in [-0.4, -0.2) is 59.4 Å². The van der Waals surface area contributed by atoms with Crippen molar-refractivity contribution in [3.63, 3.8) is 0 Å². The van der Waals surface area contributed by atoms with Gasteiger partial charge in [0.05, 0.1) is 31.4 Å². The quantitative estimate of drug-likeness (QED) is 0.548. The van der Waals surface area contributed by atoms with Crippen molar-refractivity contribution in [2.24, 2.45) is 0 Å². The number of H-pyrrole nitrogens is 1. The predicted octanol–water partition coefficient (Wildman–Crippen LogP) is 2.92. The fourth-order valence-electron chi connectivity index (χ4n) is 4.35. The molecule has 3 aromatic rings. The zero-order valence-electron chi connectivity index (χ0n) is 18.1. The number of aromatic amines is 1. The van der Waals surface area contributed by atoms with Gasteiger partial charge in [-0.3, -0.25) is 4.57 Å². The first kappa shape index (κ1) is 23.8. The molecule has 32 heavy (non-hydrogen) atoms. The number of fused-ring (bicyclic) bond motifs is 1. The first-order chi connectivity index (χ1) is 15.0. The van der Waals surface area contributed by atoms with Crippen molar-refractivity contribution in [1.82, 2.24) is 14.5 Å². The van der Waals surface area contributed by atoms with Crippen molar-refractivity contribution in [1.29, 1.82) is 0 Å². The van der Waals surface area contributed by atoms with E-state index in [9.17, 15) is 14.7 Å². The van der Waals surface area contributed by atoms with Gasteiger partial charge in [-0.25, -0.2) is 9.59 Å². The van der Waals surface area contributed by atoms with E-state index in [4.69, 9.17) is 9.47 Å². The number of nitrogens with zero attached hydrogens (tertiary/aromatic N) is 2. The summed E-state index contributed by atoms with van der Waals surface area (Å²) < 4.78 is 11.9. The molecule has 1 aliphatic rings. The van der Waals surface area contributed by atoms with Crippen LogP contribution in [0.2, 0.25) is 0 Å². The average molecular weight is 462 g/mol. The third kappa shape index (κ3) is 4.67. The minimum atomic E-state index is -0.748. The molecule has 1 aliphatic heterocycles. The van der Waals surface area contributed by atoms with Gasteiger partial charge in [0.25, 0.3) is 0 Å². The van der Waals surface area contributed by atoms with Crippen molar-refractivity contribution in [2.45, 2.75) is 25.0 Å². The zero-order chi connectivity index (χ0) is 22.0. The van der Waals surface area contributed by atoms with Gasteiger partial charge in [-0.2, -0.15) is 0 Å². The number of β-amino-alcohol motifs (C(OH)–C–C–N with tert-alkyl or cyclic N) is 1. The van der Waals surface area contributed by atoms with Crippen LogP contribution in [0.1, 0.15) is 40.9 Å². The Morgan fingerprint density at radius 1 is 1.19 bits per heavy atom. The molecule has 2 heterocycles. The van der Waals surface area contributed by atoms with Gasteiger partial charge < -0.3 is 24.5 Å². The van der Waals surface area contributed by atoms with Crippen LogP contribution in [0.4, 0.5) is 0 Å². The summed E-state index contributed by atoms with van der Waals surface area (Å²) in [6.45, 7) is 1.99. The number of methoxy groups -OCH3 is 2. The van der Waals surface area contributed by atoms with Gasteiger partial charge in [-0.1, -0.05) is 18.2 Å². The number of imidazole rings is 1. The lowest BCUT2D eigenvalue weighted by atomic mass is 10.0. The number of ether oxygens (including phenoxy) is 2. The number of carbonyl (C=O) groups is 1. The SMILES string of the molecule is COC(=O)c1cc(C(O)CN2CCC(n3c(=O)[nH]c4ccccc43)CC2)ccc1OC.Cl. The Bertz CT molecular complexity index is 1130. The Labute approximate surface area is 192 Å². The molecular weight excluding hydrogens is 434 g/mol. The van der Waals surface area contributed by atoms with Gasteiger partial charge in [0, 0.05) is 25.7 Å². The number of hydrogen-bond donors (Lipinski definition) is 2. The molecule has 1 aromatic heterocycles. The number of para-hydroxylation sites is 2. The van der Waals surface area contributed by atoms with Crippen molar-refractivity contribution in [2.75, 3.05) is 33.9 Å². The number of aliphatic hydroxyl groups excluding tert-OH is 1. The van der Waals surface area contributed by atoms with Gasteiger partial charge in [0.15, 0.2) is 0 Å². The minimum absolute atomic E-state index is 0. The second-order valence-corrected chi connectivity index (χ2v) is 7.82. The Hall–Kier alpha value is -2.81. The highest BCUT2D eigenvalue weighted by Crippen LogP contribution is 2.28. The van der Waals surface area contributed by atoms with E-state index in [0.717, 1.165) is 37.0 Å². The molecule has 0 spiro atoms. The number of rotatable bonds is 6. The van der Waals surface area contributed by atoms with E-state index in [1.165, 1.54) is 14.2 Å². The molecule has 9 heteroatoms. The Morgan fingerprint density at radius 2 is 1.91 bits per heavy atom. The standard InChI is InChI=1S/C23H27N3O5.ClH/c1-30-21-8-7-15(13-17(21)22(28)31-2)20(27)14-25-11-9-16(10-12-25)26-19-6-4-3-5-18(19)24-23(26)29;/h3-8,13,16,20,27H,9-12,14H2,1-2H3,(H,24,29);1H. The number of likely N-dealkylation sites (tertiary alicyclic amines) is 1. The van der Waals surface area contributed by atoms with Gasteiger partial charge in [0.1, 0.15) is 11.3 Å². The van der Waals surface area contributed by atoms with Crippen molar-refractivity contribution in [3.8, 4) is 5.75 Å². The molecule has 1 atom stereocenters. The lowest BCUT2D eigenvalue weighted by Crippen LogP contribution is -2.39. The lowest BCUT2D eigenvalue weighted by molar-refractivity contribution is 0.0596. The number of nitrogens with one attached hydrogen (secondary N) is 1. The third-order valence-electron chi connectivity index (χ3n) is 5.99. The maximum absolute atomic E-state index is 12.5. The normalized spacial score (nSPS) is 15.8. The van der Waals surface area contributed by atoms with Crippen molar-refractivity contribution >= 4 is 29.4 Å². The number of esters is 1. The van der Waals surface area contributed by atoms with Gasteiger partial charge in [0.2, 0.25) is 0 Å². The van der Waals surface area contributed by atoms with Crippen LogP contribution in [0.5, 0.6) is 5.75 Å². The zero-order valence-corrected chi connectivity index (χ0v) is 18.9. The predicted molar refractivity (Wildman–Crippen MR) is 124 cm³/mol. The summed E-state index contributed by atoms with van der Waals surface area (Å²) in [6, 6.07) is 12.9. The molecule has 0 radical (unpaired) electrons. The third-order valence-corrected chi connectivity index (χ3v) is 5.99. The Balaban J connectivity index is 0.00000289. The largest absolute Gasteiger partial charge is 0.496 e. The van der Waals surface area contributed by atoms with E-state index in [1.54, 1.807) is 18.2 Å². The first-order valence-corrected chi connectivity index (χ1v) is 10.4. The van der Waals surface area contributed by atoms with Crippen LogP contribution in [0.25, 0.3) is 11.0 Å². The molecule has 1 unspecified atom stereocenters. The molecule has 2 aromatic carbocycles. The molecule has 1 fully saturated rings. The van der Waals surface area contributed by atoms with Crippen LogP contribution in [-0.2, 0) is 4.74 Å². The van der Waals surface area contributed by atoms with E-state index in [1.807, 2.05) is 28.8 Å². The van der Waals surface area contributed by atoms with Crippen molar-refractivity contribution < 1.29 is 19.4 Å². The Morgan fingerprint density at radius 3 is 2.59 bits per heavy atom. The lowest BCUT2D eigenvalue weighted by Gasteiger charge is -2.33. The summed E-state index contributed by atoms with van der Waals surface area (Å²) in [5, 5.41) is 10.8. The molecule has 1 saturated heterocycles. The van der Waals surface area contributed by atoms with Gasteiger partial charge >= 0.3 is 11.7 Å². The summed E-state index contributed by atoms with van der Waals surface area (Å²) in [6.07, 6.45) is 0.899.